The Morgan fingerprint density at radius 2 is 1.37 bits per heavy atom. The van der Waals surface area contributed by atoms with Crippen LogP contribution in [0, 0.1) is 0 Å². The number of rotatable bonds is 3. The van der Waals surface area contributed by atoms with Crippen LogP contribution in [0.3, 0.4) is 0 Å². The zero-order valence-corrected chi connectivity index (χ0v) is 9.70. The number of hydrogen-bond acceptors (Lipinski definition) is 4. The molecule has 2 aromatic carbocycles. The molecular formula is C14H10O5. The molecule has 2 rings (SSSR count). The van der Waals surface area contributed by atoms with Crippen LogP contribution in [0.5, 0.6) is 11.5 Å². The van der Waals surface area contributed by atoms with Crippen molar-refractivity contribution in [2.24, 2.45) is 0 Å². The molecule has 0 unspecified atom stereocenters. The third-order valence-electron chi connectivity index (χ3n) is 2.66. The quantitative estimate of drug-likeness (QED) is 0.732. The third-order valence-corrected chi connectivity index (χ3v) is 2.66. The fraction of sp³-hybridized carbons (Fsp3) is 0. The average Bonchev–Trinajstić information content (AvgIpc) is 2.38. The first-order chi connectivity index (χ1) is 9.02. The number of carboxylic acid groups (broad SMARTS) is 1. The summed E-state index contributed by atoms with van der Waals surface area (Å²) in [6.07, 6.45) is 0. The van der Waals surface area contributed by atoms with E-state index in [0.717, 1.165) is 0 Å². The molecule has 0 aliphatic heterocycles. The highest BCUT2D eigenvalue weighted by atomic mass is 16.4. The third kappa shape index (κ3) is 2.26. The van der Waals surface area contributed by atoms with Crippen LogP contribution >= 0.6 is 0 Å². The lowest BCUT2D eigenvalue weighted by Gasteiger charge is -2.07. The zero-order valence-electron chi connectivity index (χ0n) is 9.70. The van der Waals surface area contributed by atoms with Crippen molar-refractivity contribution in [1.29, 1.82) is 0 Å². The lowest BCUT2D eigenvalue weighted by Crippen LogP contribution is -2.05. The van der Waals surface area contributed by atoms with Crippen LogP contribution in [0.15, 0.2) is 42.5 Å². The number of benzene rings is 2. The fourth-order valence-corrected chi connectivity index (χ4v) is 1.71. The van der Waals surface area contributed by atoms with Crippen LogP contribution in [0.2, 0.25) is 0 Å². The number of ketones is 1. The number of carboxylic acids is 1. The molecule has 0 aliphatic carbocycles. The van der Waals surface area contributed by atoms with Gasteiger partial charge in [0.05, 0.1) is 11.1 Å². The molecule has 0 spiro atoms. The van der Waals surface area contributed by atoms with Gasteiger partial charge >= 0.3 is 5.97 Å². The Kier molecular flexibility index (Phi) is 3.20. The number of carbonyl (C=O) groups is 2. The Bertz CT molecular complexity index is 661. The van der Waals surface area contributed by atoms with Gasteiger partial charge in [-0.3, -0.25) is 4.79 Å². The van der Waals surface area contributed by atoms with Gasteiger partial charge in [0, 0.05) is 0 Å². The smallest absolute Gasteiger partial charge is 0.339 e. The number of aromatic hydroxyl groups is 2. The molecule has 0 bridgehead atoms. The highest BCUT2D eigenvalue weighted by Crippen LogP contribution is 2.27. The number of aromatic carboxylic acids is 1. The maximum atomic E-state index is 12.1. The van der Waals surface area contributed by atoms with E-state index in [1.165, 1.54) is 30.3 Å². The average molecular weight is 258 g/mol. The van der Waals surface area contributed by atoms with Gasteiger partial charge in [0.2, 0.25) is 0 Å². The summed E-state index contributed by atoms with van der Waals surface area (Å²) in [5.41, 5.74) is -0.525. The Balaban J connectivity index is 2.55. The number of carbonyl (C=O) groups excluding carboxylic acids is 1. The minimum absolute atomic E-state index is 0.000314. The van der Waals surface area contributed by atoms with E-state index in [1.54, 1.807) is 12.1 Å². The van der Waals surface area contributed by atoms with Gasteiger partial charge in [-0.2, -0.15) is 0 Å². The topological polar surface area (TPSA) is 94.8 Å². The zero-order chi connectivity index (χ0) is 14.0. The van der Waals surface area contributed by atoms with Crippen molar-refractivity contribution in [2.45, 2.75) is 0 Å². The summed E-state index contributed by atoms with van der Waals surface area (Å²) in [5.74, 6) is -2.81. The standard InChI is InChI=1S/C14H10O5/c15-11-7-2-1-4-8(11)12(16)9-5-3-6-10(13(9)17)14(18)19/h1-7,15,17H,(H,18,19). The second-order valence-corrected chi connectivity index (χ2v) is 3.85. The highest BCUT2D eigenvalue weighted by Gasteiger charge is 2.20. The van der Waals surface area contributed by atoms with Crippen molar-refractivity contribution < 1.29 is 24.9 Å². The lowest BCUT2D eigenvalue weighted by atomic mass is 9.99. The maximum absolute atomic E-state index is 12.1. The molecule has 0 saturated heterocycles. The molecule has 96 valence electrons. The first kappa shape index (κ1) is 12.6. The van der Waals surface area contributed by atoms with Crippen molar-refractivity contribution in [2.75, 3.05) is 0 Å². The summed E-state index contributed by atoms with van der Waals surface area (Å²) in [5, 5.41) is 28.3. The molecule has 0 saturated carbocycles. The normalized spacial score (nSPS) is 10.1. The van der Waals surface area contributed by atoms with Crippen molar-refractivity contribution in [1.82, 2.24) is 0 Å². The lowest BCUT2D eigenvalue weighted by molar-refractivity contribution is 0.0693. The van der Waals surface area contributed by atoms with Crippen LogP contribution in [-0.4, -0.2) is 27.1 Å². The molecule has 5 heteroatoms. The SMILES string of the molecule is O=C(O)c1cccc(C(=O)c2ccccc2O)c1O. The maximum Gasteiger partial charge on any atom is 0.339 e. The molecule has 5 nitrogen and oxygen atoms in total. The summed E-state index contributed by atoms with van der Waals surface area (Å²) in [6, 6.07) is 9.70. The Hall–Kier alpha value is -2.82. The van der Waals surface area contributed by atoms with Crippen LogP contribution in [0.4, 0.5) is 0 Å². The Morgan fingerprint density at radius 3 is 2.00 bits per heavy atom. The second kappa shape index (κ2) is 4.81. The number of phenols is 2. The van der Waals surface area contributed by atoms with Crippen LogP contribution in [0.1, 0.15) is 26.3 Å². The van der Waals surface area contributed by atoms with E-state index in [-0.39, 0.29) is 22.4 Å². The van der Waals surface area contributed by atoms with E-state index in [9.17, 15) is 19.8 Å². The second-order valence-electron chi connectivity index (χ2n) is 3.85. The van der Waals surface area contributed by atoms with E-state index in [1.807, 2.05) is 0 Å². The summed E-state index contributed by atoms with van der Waals surface area (Å²) in [4.78, 5) is 23.0. The Labute approximate surface area is 108 Å². The van der Waals surface area contributed by atoms with Gasteiger partial charge in [0.1, 0.15) is 17.1 Å². The predicted octanol–water partition coefficient (Wildman–Crippen LogP) is 2.03. The molecule has 19 heavy (non-hydrogen) atoms. The van der Waals surface area contributed by atoms with Gasteiger partial charge in [-0.05, 0) is 24.3 Å². The number of hydrogen-bond donors (Lipinski definition) is 3. The molecule has 3 N–H and O–H groups in total. The van der Waals surface area contributed by atoms with E-state index in [4.69, 9.17) is 5.11 Å². The van der Waals surface area contributed by atoms with Gasteiger partial charge in [-0.1, -0.05) is 18.2 Å². The monoisotopic (exact) mass is 258 g/mol. The Morgan fingerprint density at radius 1 is 0.789 bits per heavy atom. The van der Waals surface area contributed by atoms with Crippen molar-refractivity contribution in [3.05, 3.63) is 59.2 Å². The fourth-order valence-electron chi connectivity index (χ4n) is 1.71. The largest absolute Gasteiger partial charge is 0.507 e. The van der Waals surface area contributed by atoms with Crippen LogP contribution < -0.4 is 0 Å². The molecule has 0 atom stereocenters. The molecule has 0 amide bonds. The number of phenolic OH excluding ortho intramolecular Hbond substituents is 1. The highest BCUT2D eigenvalue weighted by molar-refractivity contribution is 6.13. The molecular weight excluding hydrogens is 248 g/mol. The van der Waals surface area contributed by atoms with Gasteiger partial charge < -0.3 is 15.3 Å². The van der Waals surface area contributed by atoms with Gasteiger partial charge in [-0.15, -0.1) is 0 Å². The first-order valence-electron chi connectivity index (χ1n) is 5.40. The van der Waals surface area contributed by atoms with E-state index >= 15 is 0 Å². The minimum Gasteiger partial charge on any atom is -0.507 e. The first-order valence-corrected chi connectivity index (χ1v) is 5.40. The summed E-state index contributed by atoms with van der Waals surface area (Å²) >= 11 is 0. The van der Waals surface area contributed by atoms with Gasteiger partial charge in [0.25, 0.3) is 0 Å². The summed E-state index contributed by atoms with van der Waals surface area (Å²) < 4.78 is 0. The van der Waals surface area contributed by atoms with Crippen LogP contribution in [-0.2, 0) is 0 Å². The van der Waals surface area contributed by atoms with Crippen molar-refractivity contribution >= 4 is 11.8 Å². The molecule has 0 heterocycles. The molecule has 2 aromatic rings. The molecule has 0 aliphatic rings. The van der Waals surface area contributed by atoms with Gasteiger partial charge in [0.15, 0.2) is 5.78 Å². The van der Waals surface area contributed by atoms with Crippen molar-refractivity contribution in [3.8, 4) is 11.5 Å². The molecule has 0 aromatic heterocycles. The van der Waals surface area contributed by atoms with Crippen molar-refractivity contribution in [3.63, 3.8) is 0 Å². The molecule has 0 fully saturated rings. The molecule has 0 radical (unpaired) electrons. The predicted molar refractivity (Wildman–Crippen MR) is 66.6 cm³/mol. The van der Waals surface area contributed by atoms with E-state index in [0.29, 0.717) is 0 Å². The minimum atomic E-state index is -1.33. The summed E-state index contributed by atoms with van der Waals surface area (Å²) in [6.45, 7) is 0. The van der Waals surface area contributed by atoms with Crippen LogP contribution in [0.25, 0.3) is 0 Å². The summed E-state index contributed by atoms with van der Waals surface area (Å²) in [7, 11) is 0. The van der Waals surface area contributed by atoms with E-state index in [2.05, 4.69) is 0 Å². The number of para-hydroxylation sites is 2. The van der Waals surface area contributed by atoms with Gasteiger partial charge in [-0.25, -0.2) is 4.79 Å². The van der Waals surface area contributed by atoms with E-state index < -0.39 is 17.5 Å².